The van der Waals surface area contributed by atoms with Crippen LogP contribution in [0.25, 0.3) is 0 Å². The van der Waals surface area contributed by atoms with Crippen molar-refractivity contribution in [1.82, 2.24) is 10.4 Å². The molecule has 1 atom stereocenters. The fourth-order valence-corrected chi connectivity index (χ4v) is 3.03. The minimum Gasteiger partial charge on any atom is -0.443 e. The fourth-order valence-electron chi connectivity index (χ4n) is 3.03. The zero-order valence-corrected chi connectivity index (χ0v) is 19.8. The van der Waals surface area contributed by atoms with Gasteiger partial charge in [0, 0.05) is 5.56 Å². The molecule has 0 aliphatic rings. The molecular weight excluding hydrogens is 408 g/mol. The molecule has 0 saturated carbocycles. The molecule has 7 nitrogen and oxygen atoms in total. The molecule has 1 N–H and O–H groups in total. The minimum atomic E-state index is -1.62. The summed E-state index contributed by atoms with van der Waals surface area (Å²) in [5.41, 5.74) is 0.0369. The minimum absolute atomic E-state index is 0.374. The SMILES string of the molecule is CC(C)(C)OC(=O)NN(C(=O)OC(C)(C)C)C(C)(C(=O)c1ccccc1)c1ccccc1. The average Bonchev–Trinajstić information content (AvgIpc) is 2.69. The second kappa shape index (κ2) is 9.42. The number of carbonyl (C=O) groups excluding carboxylic acids is 3. The molecular formula is C25H32N2O5. The maximum Gasteiger partial charge on any atom is 0.430 e. The summed E-state index contributed by atoms with van der Waals surface area (Å²) >= 11 is 0. The Balaban J connectivity index is 2.63. The van der Waals surface area contributed by atoms with Crippen molar-refractivity contribution in [3.05, 3.63) is 71.8 Å². The van der Waals surface area contributed by atoms with E-state index in [-0.39, 0.29) is 0 Å². The molecule has 0 aliphatic heterocycles. The molecule has 1 unspecified atom stereocenters. The first-order chi connectivity index (χ1) is 14.7. The van der Waals surface area contributed by atoms with E-state index in [1.165, 1.54) is 0 Å². The molecule has 32 heavy (non-hydrogen) atoms. The van der Waals surface area contributed by atoms with Crippen LogP contribution in [0.4, 0.5) is 9.59 Å². The maximum absolute atomic E-state index is 13.8. The summed E-state index contributed by atoms with van der Waals surface area (Å²) < 4.78 is 10.9. The Morgan fingerprint density at radius 2 is 1.19 bits per heavy atom. The lowest BCUT2D eigenvalue weighted by Gasteiger charge is -2.40. The summed E-state index contributed by atoms with van der Waals surface area (Å²) in [5.74, 6) is -0.397. The molecule has 0 spiro atoms. The van der Waals surface area contributed by atoms with Crippen LogP contribution in [0.1, 0.15) is 64.4 Å². The van der Waals surface area contributed by atoms with Crippen molar-refractivity contribution in [3.8, 4) is 0 Å². The summed E-state index contributed by atoms with van der Waals surface area (Å²) in [6.07, 6.45) is -1.77. The first kappa shape index (κ1) is 24.9. The van der Waals surface area contributed by atoms with Gasteiger partial charge in [0.1, 0.15) is 11.2 Å². The van der Waals surface area contributed by atoms with Gasteiger partial charge in [0.05, 0.1) is 0 Å². The predicted molar refractivity (Wildman–Crippen MR) is 122 cm³/mol. The molecule has 2 aromatic carbocycles. The Morgan fingerprint density at radius 3 is 1.66 bits per heavy atom. The zero-order valence-electron chi connectivity index (χ0n) is 19.8. The summed E-state index contributed by atoms with van der Waals surface area (Å²) in [6.45, 7) is 11.8. The molecule has 0 heterocycles. The number of hydrogen-bond donors (Lipinski definition) is 1. The van der Waals surface area contributed by atoms with Gasteiger partial charge in [0.25, 0.3) is 0 Å². The molecule has 2 amide bonds. The summed E-state index contributed by atoms with van der Waals surface area (Å²) in [6, 6.07) is 17.3. The number of nitrogens with one attached hydrogen (secondary N) is 1. The molecule has 0 fully saturated rings. The number of nitrogens with zero attached hydrogens (tertiary/aromatic N) is 1. The Labute approximate surface area is 189 Å². The molecule has 2 rings (SSSR count). The van der Waals surface area contributed by atoms with Crippen molar-refractivity contribution in [3.63, 3.8) is 0 Å². The van der Waals surface area contributed by atoms with E-state index in [4.69, 9.17) is 9.47 Å². The van der Waals surface area contributed by atoms with E-state index in [9.17, 15) is 14.4 Å². The van der Waals surface area contributed by atoms with E-state index < -0.39 is 34.7 Å². The van der Waals surface area contributed by atoms with Gasteiger partial charge in [-0.1, -0.05) is 60.7 Å². The highest BCUT2D eigenvalue weighted by Crippen LogP contribution is 2.33. The van der Waals surface area contributed by atoms with Gasteiger partial charge in [0.2, 0.25) is 0 Å². The van der Waals surface area contributed by atoms with E-state index in [1.54, 1.807) is 109 Å². The maximum atomic E-state index is 13.8. The van der Waals surface area contributed by atoms with E-state index in [0.717, 1.165) is 5.01 Å². The first-order valence-electron chi connectivity index (χ1n) is 10.4. The number of carbonyl (C=O) groups is 3. The second-order valence-electron chi connectivity index (χ2n) is 9.56. The summed E-state index contributed by atoms with van der Waals surface area (Å²) in [5, 5.41) is 0.914. The van der Waals surface area contributed by atoms with E-state index in [2.05, 4.69) is 5.43 Å². The molecule has 7 heteroatoms. The molecule has 0 aromatic heterocycles. The van der Waals surface area contributed by atoms with Gasteiger partial charge in [0.15, 0.2) is 11.3 Å². The second-order valence-corrected chi connectivity index (χ2v) is 9.56. The van der Waals surface area contributed by atoms with Crippen LogP contribution < -0.4 is 5.43 Å². The van der Waals surface area contributed by atoms with Crippen molar-refractivity contribution in [1.29, 1.82) is 0 Å². The largest absolute Gasteiger partial charge is 0.443 e. The van der Waals surface area contributed by atoms with Crippen molar-refractivity contribution in [2.24, 2.45) is 0 Å². The van der Waals surface area contributed by atoms with Crippen LogP contribution in [0.15, 0.2) is 60.7 Å². The Kier molecular flexibility index (Phi) is 7.34. The number of benzene rings is 2. The number of Topliss-reactive ketones (excluding diaryl/α,β-unsaturated/α-hetero) is 1. The van der Waals surface area contributed by atoms with E-state index >= 15 is 0 Å². The van der Waals surface area contributed by atoms with Gasteiger partial charge in [-0.15, -0.1) is 0 Å². The lowest BCUT2D eigenvalue weighted by molar-refractivity contribution is -0.0246. The molecule has 0 bridgehead atoms. The molecule has 0 aliphatic carbocycles. The summed E-state index contributed by atoms with van der Waals surface area (Å²) in [7, 11) is 0. The van der Waals surface area contributed by atoms with Crippen molar-refractivity contribution < 1.29 is 23.9 Å². The topological polar surface area (TPSA) is 84.9 Å². The molecule has 0 radical (unpaired) electrons. The third-order valence-electron chi connectivity index (χ3n) is 4.44. The van der Waals surface area contributed by atoms with Crippen LogP contribution in [0.2, 0.25) is 0 Å². The molecule has 2 aromatic rings. The number of hydrazine groups is 1. The normalized spacial score (nSPS) is 13.5. The van der Waals surface area contributed by atoms with Crippen LogP contribution in [-0.4, -0.2) is 34.2 Å². The first-order valence-corrected chi connectivity index (χ1v) is 10.4. The van der Waals surface area contributed by atoms with E-state index in [0.29, 0.717) is 11.1 Å². The van der Waals surface area contributed by atoms with Gasteiger partial charge >= 0.3 is 12.2 Å². The van der Waals surface area contributed by atoms with Gasteiger partial charge in [-0.05, 0) is 54.0 Å². The Hall–Kier alpha value is -3.35. The number of ketones is 1. The van der Waals surface area contributed by atoms with Crippen molar-refractivity contribution in [2.75, 3.05) is 0 Å². The quantitative estimate of drug-likeness (QED) is 0.504. The highest BCUT2D eigenvalue weighted by molar-refractivity contribution is 6.05. The zero-order chi connectivity index (χ0) is 24.2. The van der Waals surface area contributed by atoms with Crippen LogP contribution >= 0.6 is 0 Å². The van der Waals surface area contributed by atoms with Gasteiger partial charge < -0.3 is 9.47 Å². The fraction of sp³-hybridized carbons (Fsp3) is 0.400. The monoisotopic (exact) mass is 440 g/mol. The van der Waals surface area contributed by atoms with Crippen LogP contribution in [0, 0.1) is 0 Å². The molecule has 172 valence electrons. The summed E-state index contributed by atoms with van der Waals surface area (Å²) in [4.78, 5) is 39.8. The Morgan fingerprint density at radius 1 is 0.719 bits per heavy atom. The average molecular weight is 441 g/mol. The third kappa shape index (κ3) is 6.33. The highest BCUT2D eigenvalue weighted by Gasteiger charge is 2.47. The van der Waals surface area contributed by atoms with Crippen LogP contribution in [-0.2, 0) is 15.0 Å². The number of rotatable bonds is 4. The van der Waals surface area contributed by atoms with Crippen molar-refractivity contribution in [2.45, 2.75) is 65.2 Å². The van der Waals surface area contributed by atoms with Crippen molar-refractivity contribution >= 4 is 18.0 Å². The van der Waals surface area contributed by atoms with Crippen LogP contribution in [0.3, 0.4) is 0 Å². The van der Waals surface area contributed by atoms with E-state index in [1.807, 2.05) is 0 Å². The number of hydrogen-bond acceptors (Lipinski definition) is 5. The standard InChI is InChI=1S/C25H32N2O5/c1-23(2,3)31-21(29)26-27(22(30)32-24(4,5)6)25(7,19-16-12-9-13-17-19)20(28)18-14-10-8-11-15-18/h8-17H,1-7H3,(H,26,29). The Bertz CT molecular complexity index is 946. The predicted octanol–water partition coefficient (Wildman–Crippen LogP) is 5.46. The highest BCUT2D eigenvalue weighted by atomic mass is 16.6. The lowest BCUT2D eigenvalue weighted by atomic mass is 9.83. The van der Waals surface area contributed by atoms with Gasteiger partial charge in [-0.25, -0.2) is 15.0 Å². The number of ether oxygens (including phenoxy) is 2. The third-order valence-corrected chi connectivity index (χ3v) is 4.44. The van der Waals surface area contributed by atoms with Crippen LogP contribution in [0.5, 0.6) is 0 Å². The molecule has 0 saturated heterocycles. The smallest absolute Gasteiger partial charge is 0.430 e. The van der Waals surface area contributed by atoms with Gasteiger partial charge in [-0.2, -0.15) is 5.01 Å². The lowest BCUT2D eigenvalue weighted by Crippen LogP contribution is -2.61. The van der Waals surface area contributed by atoms with Gasteiger partial charge in [-0.3, -0.25) is 4.79 Å². The number of amides is 2.